The Bertz CT molecular complexity index is 742. The van der Waals surface area contributed by atoms with Crippen LogP contribution in [-0.2, 0) is 28.5 Å². The van der Waals surface area contributed by atoms with Crippen LogP contribution in [0.5, 0.6) is 0 Å². The van der Waals surface area contributed by atoms with Gasteiger partial charge in [0.25, 0.3) is 0 Å². The maximum absolute atomic E-state index is 13.2. The van der Waals surface area contributed by atoms with Crippen LogP contribution in [0, 0.1) is 11.8 Å². The average molecular weight is 454 g/mol. The van der Waals surface area contributed by atoms with Gasteiger partial charge in [0.15, 0.2) is 11.9 Å². The van der Waals surface area contributed by atoms with Gasteiger partial charge in [0.1, 0.15) is 11.4 Å². The molecular formula is C23H35NO8. The van der Waals surface area contributed by atoms with Gasteiger partial charge in [-0.05, 0) is 51.3 Å². The van der Waals surface area contributed by atoms with E-state index in [1.807, 2.05) is 13.8 Å². The molecule has 0 radical (unpaired) electrons. The molecule has 0 aromatic heterocycles. The second-order valence-electron chi connectivity index (χ2n) is 8.77. The van der Waals surface area contributed by atoms with Gasteiger partial charge in [-0.15, -0.1) is 0 Å². The van der Waals surface area contributed by atoms with Crippen molar-refractivity contribution in [1.29, 1.82) is 0 Å². The zero-order chi connectivity index (χ0) is 23.9. The van der Waals surface area contributed by atoms with Gasteiger partial charge in [-0.2, -0.15) is 0 Å². The Labute approximate surface area is 189 Å². The van der Waals surface area contributed by atoms with Gasteiger partial charge in [-0.3, -0.25) is 9.59 Å². The van der Waals surface area contributed by atoms with Crippen molar-refractivity contribution in [2.75, 3.05) is 33.0 Å². The molecule has 1 saturated heterocycles. The standard InChI is InChI=1S/C23H35NO8/c1-15(2)20-23(4,5)32-22(28)24(20)21(27)16(3)19-18(26)9-8-17(31-19)7-6-11-29-13-14-30-12-10-25/h7-9,15-16,19-20,25H,6,10-14H2,1-5H3/t16-,19-,20-/m1/s1. The molecule has 32 heavy (non-hydrogen) atoms. The van der Waals surface area contributed by atoms with Crippen LogP contribution in [0.4, 0.5) is 4.79 Å². The lowest BCUT2D eigenvalue weighted by atomic mass is 9.87. The van der Waals surface area contributed by atoms with Crippen molar-refractivity contribution >= 4 is 17.8 Å². The molecule has 0 saturated carbocycles. The Morgan fingerprint density at radius 1 is 1.16 bits per heavy atom. The maximum atomic E-state index is 13.2. The monoisotopic (exact) mass is 453 g/mol. The average Bonchev–Trinajstić information content (AvgIpc) is 2.98. The Kier molecular flexibility index (Phi) is 9.42. The van der Waals surface area contributed by atoms with E-state index in [1.54, 1.807) is 32.9 Å². The minimum absolute atomic E-state index is 0.0139. The van der Waals surface area contributed by atoms with Gasteiger partial charge in [0, 0.05) is 0 Å². The fourth-order valence-electron chi connectivity index (χ4n) is 4.07. The van der Waals surface area contributed by atoms with E-state index in [2.05, 4.69) is 0 Å². The van der Waals surface area contributed by atoms with Crippen LogP contribution in [0.15, 0.2) is 24.0 Å². The highest BCUT2D eigenvalue weighted by Crippen LogP contribution is 2.36. The molecule has 2 aliphatic heterocycles. The number of aliphatic hydroxyl groups is 1. The molecule has 2 heterocycles. The summed E-state index contributed by atoms with van der Waals surface area (Å²) in [6.45, 7) is 10.5. The summed E-state index contributed by atoms with van der Waals surface area (Å²) >= 11 is 0. The van der Waals surface area contributed by atoms with Crippen LogP contribution in [0.1, 0.15) is 41.0 Å². The third-order valence-electron chi connectivity index (χ3n) is 5.42. The number of amides is 2. The maximum Gasteiger partial charge on any atom is 0.417 e. The summed E-state index contributed by atoms with van der Waals surface area (Å²) < 4.78 is 21.8. The fraction of sp³-hybridized carbons (Fsp3) is 0.696. The highest BCUT2D eigenvalue weighted by atomic mass is 16.6. The number of nitrogens with zero attached hydrogens (tertiary/aromatic N) is 1. The molecule has 2 rings (SSSR count). The lowest BCUT2D eigenvalue weighted by molar-refractivity contribution is -0.143. The number of aliphatic hydroxyl groups excluding tert-OH is 1. The number of rotatable bonds is 11. The van der Waals surface area contributed by atoms with Crippen molar-refractivity contribution in [3.05, 3.63) is 24.0 Å². The summed E-state index contributed by atoms with van der Waals surface area (Å²) in [5.41, 5.74) is -0.813. The first kappa shape index (κ1) is 26.0. The van der Waals surface area contributed by atoms with E-state index in [-0.39, 0.29) is 24.9 Å². The molecular weight excluding hydrogens is 418 g/mol. The number of allylic oxidation sites excluding steroid dienone is 1. The van der Waals surface area contributed by atoms with Crippen molar-refractivity contribution in [3.63, 3.8) is 0 Å². The predicted octanol–water partition coefficient (Wildman–Crippen LogP) is 2.23. The second-order valence-corrected chi connectivity index (χ2v) is 8.77. The zero-order valence-corrected chi connectivity index (χ0v) is 19.5. The first-order valence-corrected chi connectivity index (χ1v) is 11.0. The second kappa shape index (κ2) is 11.6. The summed E-state index contributed by atoms with van der Waals surface area (Å²) in [5, 5.41) is 8.63. The molecule has 3 atom stereocenters. The molecule has 0 spiro atoms. The van der Waals surface area contributed by atoms with Crippen molar-refractivity contribution in [3.8, 4) is 0 Å². The third-order valence-corrected chi connectivity index (χ3v) is 5.42. The molecule has 0 bridgehead atoms. The molecule has 180 valence electrons. The number of imide groups is 1. The molecule has 9 heteroatoms. The summed E-state index contributed by atoms with van der Waals surface area (Å²) in [7, 11) is 0. The van der Waals surface area contributed by atoms with E-state index in [4.69, 9.17) is 24.1 Å². The topological polar surface area (TPSA) is 112 Å². The third kappa shape index (κ3) is 6.40. The molecule has 9 nitrogen and oxygen atoms in total. The van der Waals surface area contributed by atoms with Crippen LogP contribution >= 0.6 is 0 Å². The molecule has 0 aliphatic carbocycles. The van der Waals surface area contributed by atoms with Crippen LogP contribution in [0.2, 0.25) is 0 Å². The van der Waals surface area contributed by atoms with E-state index >= 15 is 0 Å². The number of carbonyl (C=O) groups excluding carboxylic acids is 3. The number of cyclic esters (lactones) is 1. The van der Waals surface area contributed by atoms with Crippen molar-refractivity contribution in [1.82, 2.24) is 4.90 Å². The van der Waals surface area contributed by atoms with Crippen LogP contribution in [-0.4, -0.2) is 78.6 Å². The number of ketones is 1. The minimum Gasteiger partial charge on any atom is -0.482 e. The van der Waals surface area contributed by atoms with Crippen LogP contribution < -0.4 is 0 Å². The predicted molar refractivity (Wildman–Crippen MR) is 116 cm³/mol. The van der Waals surface area contributed by atoms with Gasteiger partial charge in [0.2, 0.25) is 5.91 Å². The van der Waals surface area contributed by atoms with Crippen LogP contribution in [0.3, 0.4) is 0 Å². The number of hydrogen-bond donors (Lipinski definition) is 1. The normalized spacial score (nSPS) is 24.7. The van der Waals surface area contributed by atoms with Crippen LogP contribution in [0.25, 0.3) is 0 Å². The van der Waals surface area contributed by atoms with Crippen molar-refractivity contribution < 1.29 is 38.4 Å². The number of ether oxygens (including phenoxy) is 4. The first-order chi connectivity index (χ1) is 15.1. The van der Waals surface area contributed by atoms with E-state index in [0.29, 0.717) is 32.0 Å². The fourth-order valence-corrected chi connectivity index (χ4v) is 4.07. The molecule has 0 unspecified atom stereocenters. The van der Waals surface area contributed by atoms with Crippen molar-refractivity contribution in [2.45, 2.75) is 58.8 Å². The van der Waals surface area contributed by atoms with E-state index < -0.39 is 35.7 Å². The summed E-state index contributed by atoms with van der Waals surface area (Å²) in [4.78, 5) is 39.3. The Balaban J connectivity index is 1.97. The zero-order valence-electron chi connectivity index (χ0n) is 19.5. The summed E-state index contributed by atoms with van der Waals surface area (Å²) in [5.74, 6) is -1.22. The lowest BCUT2D eigenvalue weighted by Crippen LogP contribution is -2.52. The Hall–Kier alpha value is -2.23. The Morgan fingerprint density at radius 3 is 2.44 bits per heavy atom. The first-order valence-electron chi connectivity index (χ1n) is 11.0. The molecule has 1 fully saturated rings. The summed E-state index contributed by atoms with van der Waals surface area (Å²) in [6.07, 6.45) is 3.57. The quantitative estimate of drug-likeness (QED) is 0.474. The SMILES string of the molecule is CC(C)[C@H]1N(C(=O)[C@H](C)[C@H]2OC(=CCCOCCOCCO)C=CC2=O)C(=O)OC1(C)C. The van der Waals surface area contributed by atoms with Gasteiger partial charge in [0.05, 0.1) is 45.0 Å². The van der Waals surface area contributed by atoms with E-state index in [9.17, 15) is 14.4 Å². The highest BCUT2D eigenvalue weighted by molar-refractivity contribution is 6.02. The van der Waals surface area contributed by atoms with E-state index in [0.717, 1.165) is 4.90 Å². The van der Waals surface area contributed by atoms with E-state index in [1.165, 1.54) is 6.08 Å². The number of carbonyl (C=O) groups is 3. The molecule has 2 aliphatic rings. The summed E-state index contributed by atoms with van der Waals surface area (Å²) in [6, 6.07) is -0.437. The van der Waals surface area contributed by atoms with Gasteiger partial charge >= 0.3 is 6.09 Å². The van der Waals surface area contributed by atoms with Gasteiger partial charge < -0.3 is 24.1 Å². The highest BCUT2D eigenvalue weighted by Gasteiger charge is 2.53. The Morgan fingerprint density at radius 2 is 1.81 bits per heavy atom. The minimum atomic E-state index is -1.02. The smallest absolute Gasteiger partial charge is 0.417 e. The molecule has 1 N–H and O–H groups in total. The lowest BCUT2D eigenvalue weighted by Gasteiger charge is -2.33. The van der Waals surface area contributed by atoms with Crippen molar-refractivity contribution in [2.24, 2.45) is 11.8 Å². The molecule has 2 amide bonds. The largest absolute Gasteiger partial charge is 0.482 e. The molecule has 0 aromatic rings. The van der Waals surface area contributed by atoms with Gasteiger partial charge in [-0.1, -0.05) is 13.8 Å². The van der Waals surface area contributed by atoms with Gasteiger partial charge in [-0.25, -0.2) is 9.69 Å². The molecule has 0 aromatic carbocycles. The number of hydrogen-bond acceptors (Lipinski definition) is 8.